The van der Waals surface area contributed by atoms with Crippen LogP contribution in [0.2, 0.25) is 0 Å². The van der Waals surface area contributed by atoms with Crippen molar-refractivity contribution < 1.29 is 8.81 Å². The van der Waals surface area contributed by atoms with Crippen molar-refractivity contribution in [3.05, 3.63) is 71.7 Å². The molecule has 0 radical (unpaired) electrons. The highest BCUT2D eigenvalue weighted by molar-refractivity contribution is 5.81. The van der Waals surface area contributed by atoms with Crippen molar-refractivity contribution in [2.45, 2.75) is 25.8 Å². The number of rotatable bonds is 3. The first kappa shape index (κ1) is 15.4. The molecule has 2 heterocycles. The van der Waals surface area contributed by atoms with Crippen LogP contribution in [0, 0.1) is 11.7 Å². The van der Waals surface area contributed by atoms with Crippen molar-refractivity contribution in [3.63, 3.8) is 0 Å². The summed E-state index contributed by atoms with van der Waals surface area (Å²) in [6.45, 7) is 5.20. The Balaban J connectivity index is 1.54. The lowest BCUT2D eigenvalue weighted by molar-refractivity contribution is 0.155. The lowest BCUT2D eigenvalue weighted by Gasteiger charge is -2.37. The van der Waals surface area contributed by atoms with Crippen LogP contribution in [0.4, 0.5) is 4.39 Å². The smallest absolute Gasteiger partial charge is 0.134 e. The lowest BCUT2D eigenvalue weighted by Crippen LogP contribution is -2.38. The van der Waals surface area contributed by atoms with Gasteiger partial charge in [0.1, 0.15) is 11.4 Å². The SMILES string of the molecule is C[C@H]1CN(Cc2ccccc2)CC[C@H]1c1c(F)ccc2occc12. The van der Waals surface area contributed by atoms with E-state index in [0.717, 1.165) is 42.6 Å². The first-order valence-electron chi connectivity index (χ1n) is 8.64. The number of hydrogen-bond acceptors (Lipinski definition) is 2. The van der Waals surface area contributed by atoms with Crippen LogP contribution in [0.25, 0.3) is 11.0 Å². The fourth-order valence-corrected chi connectivity index (χ4v) is 4.06. The fourth-order valence-electron chi connectivity index (χ4n) is 4.06. The number of hydrogen-bond donors (Lipinski definition) is 0. The van der Waals surface area contributed by atoms with E-state index in [9.17, 15) is 4.39 Å². The van der Waals surface area contributed by atoms with Gasteiger partial charge in [-0.15, -0.1) is 0 Å². The fraction of sp³-hybridized carbons (Fsp3) is 0.333. The molecule has 124 valence electrons. The summed E-state index contributed by atoms with van der Waals surface area (Å²) in [5.74, 6) is 0.563. The second kappa shape index (κ2) is 6.40. The third kappa shape index (κ3) is 2.84. The van der Waals surface area contributed by atoms with Gasteiger partial charge >= 0.3 is 0 Å². The van der Waals surface area contributed by atoms with Crippen molar-refractivity contribution in [1.82, 2.24) is 4.90 Å². The van der Waals surface area contributed by atoms with Gasteiger partial charge in [0.15, 0.2) is 0 Å². The first-order chi connectivity index (χ1) is 11.7. The van der Waals surface area contributed by atoms with E-state index in [-0.39, 0.29) is 11.7 Å². The van der Waals surface area contributed by atoms with E-state index in [2.05, 4.69) is 36.1 Å². The zero-order valence-electron chi connectivity index (χ0n) is 13.9. The highest BCUT2D eigenvalue weighted by Gasteiger charge is 2.30. The van der Waals surface area contributed by atoms with E-state index in [1.54, 1.807) is 18.4 Å². The Morgan fingerprint density at radius 3 is 2.75 bits per heavy atom. The van der Waals surface area contributed by atoms with E-state index in [1.807, 2.05) is 12.1 Å². The molecular formula is C21H22FNO. The number of likely N-dealkylation sites (tertiary alicyclic amines) is 1. The highest BCUT2D eigenvalue weighted by atomic mass is 19.1. The Kier molecular flexibility index (Phi) is 4.11. The van der Waals surface area contributed by atoms with Gasteiger partial charge in [0.2, 0.25) is 0 Å². The van der Waals surface area contributed by atoms with Gasteiger partial charge in [0.25, 0.3) is 0 Å². The molecule has 0 aliphatic carbocycles. The van der Waals surface area contributed by atoms with Crippen LogP contribution in [-0.2, 0) is 6.54 Å². The summed E-state index contributed by atoms with van der Waals surface area (Å²) in [6, 6.07) is 15.7. The normalized spacial score (nSPS) is 22.1. The molecule has 0 N–H and O–H groups in total. The topological polar surface area (TPSA) is 16.4 Å². The summed E-state index contributed by atoms with van der Waals surface area (Å²) >= 11 is 0. The van der Waals surface area contributed by atoms with Crippen molar-refractivity contribution in [3.8, 4) is 0 Å². The highest BCUT2D eigenvalue weighted by Crippen LogP contribution is 2.38. The summed E-state index contributed by atoms with van der Waals surface area (Å²) < 4.78 is 20.0. The standard InChI is InChI=1S/C21H22FNO/c1-15-13-23(14-16-5-3-2-4-6-16)11-9-17(15)21-18-10-12-24-20(18)8-7-19(21)22/h2-8,10,12,15,17H,9,11,13-14H2,1H3/t15-,17+/m0/s1. The van der Waals surface area contributed by atoms with Crippen molar-refractivity contribution in [2.75, 3.05) is 13.1 Å². The van der Waals surface area contributed by atoms with E-state index in [1.165, 1.54) is 5.56 Å². The van der Waals surface area contributed by atoms with Crippen LogP contribution in [0.15, 0.2) is 59.2 Å². The molecule has 3 heteroatoms. The van der Waals surface area contributed by atoms with Gasteiger partial charge < -0.3 is 4.42 Å². The van der Waals surface area contributed by atoms with Gasteiger partial charge in [-0.25, -0.2) is 4.39 Å². The third-order valence-electron chi connectivity index (χ3n) is 5.23. The minimum atomic E-state index is -0.0998. The summed E-state index contributed by atoms with van der Waals surface area (Å²) in [7, 11) is 0. The van der Waals surface area contributed by atoms with E-state index >= 15 is 0 Å². The molecule has 1 fully saturated rings. The Bertz CT molecular complexity index is 826. The van der Waals surface area contributed by atoms with Gasteiger partial charge in [-0.3, -0.25) is 4.90 Å². The largest absolute Gasteiger partial charge is 0.464 e. The number of fused-ring (bicyclic) bond motifs is 1. The molecule has 1 aliphatic heterocycles. The van der Waals surface area contributed by atoms with Crippen LogP contribution in [-0.4, -0.2) is 18.0 Å². The van der Waals surface area contributed by atoms with Gasteiger partial charge in [-0.1, -0.05) is 37.3 Å². The predicted molar refractivity (Wildman–Crippen MR) is 94.4 cm³/mol. The van der Waals surface area contributed by atoms with Crippen LogP contribution >= 0.6 is 0 Å². The molecule has 0 bridgehead atoms. The molecular weight excluding hydrogens is 301 g/mol. The Morgan fingerprint density at radius 1 is 1.12 bits per heavy atom. The molecule has 1 aromatic heterocycles. The van der Waals surface area contributed by atoms with Crippen molar-refractivity contribution in [1.29, 1.82) is 0 Å². The number of piperidine rings is 1. The third-order valence-corrected chi connectivity index (χ3v) is 5.23. The van der Waals surface area contributed by atoms with Gasteiger partial charge in [-0.2, -0.15) is 0 Å². The molecule has 0 amide bonds. The number of nitrogens with zero attached hydrogens (tertiary/aromatic N) is 1. The summed E-state index contributed by atoms with van der Waals surface area (Å²) in [4.78, 5) is 2.48. The Hall–Kier alpha value is -2.13. The zero-order chi connectivity index (χ0) is 16.5. The second-order valence-electron chi connectivity index (χ2n) is 6.89. The average Bonchev–Trinajstić information content (AvgIpc) is 3.05. The van der Waals surface area contributed by atoms with Gasteiger partial charge in [0.05, 0.1) is 6.26 Å². The minimum Gasteiger partial charge on any atom is -0.464 e. The molecule has 0 unspecified atom stereocenters. The maximum Gasteiger partial charge on any atom is 0.134 e. The van der Waals surface area contributed by atoms with E-state index in [4.69, 9.17) is 4.42 Å². The first-order valence-corrected chi connectivity index (χ1v) is 8.64. The van der Waals surface area contributed by atoms with Gasteiger partial charge in [-0.05, 0) is 48.6 Å². The monoisotopic (exact) mass is 323 g/mol. The van der Waals surface area contributed by atoms with Gasteiger partial charge in [0, 0.05) is 24.0 Å². The molecule has 2 nitrogen and oxygen atoms in total. The number of benzene rings is 2. The lowest BCUT2D eigenvalue weighted by atomic mass is 9.80. The molecule has 4 rings (SSSR count). The molecule has 1 saturated heterocycles. The predicted octanol–water partition coefficient (Wildman–Crippen LogP) is 5.20. The van der Waals surface area contributed by atoms with Crippen LogP contribution in [0.3, 0.4) is 0 Å². The van der Waals surface area contributed by atoms with E-state index < -0.39 is 0 Å². The van der Waals surface area contributed by atoms with Crippen molar-refractivity contribution in [2.24, 2.45) is 5.92 Å². The molecule has 24 heavy (non-hydrogen) atoms. The second-order valence-corrected chi connectivity index (χ2v) is 6.89. The summed E-state index contributed by atoms with van der Waals surface area (Å²) in [5.41, 5.74) is 2.96. The average molecular weight is 323 g/mol. The zero-order valence-corrected chi connectivity index (χ0v) is 13.9. The molecule has 3 aromatic rings. The number of halogens is 1. The van der Waals surface area contributed by atoms with E-state index in [0.29, 0.717) is 5.92 Å². The van der Waals surface area contributed by atoms with Crippen LogP contribution in [0.1, 0.15) is 30.4 Å². The maximum absolute atomic E-state index is 14.5. The van der Waals surface area contributed by atoms with Crippen LogP contribution < -0.4 is 0 Å². The molecule has 0 saturated carbocycles. The molecule has 2 aromatic carbocycles. The molecule has 0 spiro atoms. The quantitative estimate of drug-likeness (QED) is 0.659. The van der Waals surface area contributed by atoms with Crippen LogP contribution in [0.5, 0.6) is 0 Å². The number of furan rings is 1. The maximum atomic E-state index is 14.5. The van der Waals surface area contributed by atoms with Crippen molar-refractivity contribution >= 4 is 11.0 Å². The molecule has 1 aliphatic rings. The molecule has 2 atom stereocenters. The summed E-state index contributed by atoms with van der Waals surface area (Å²) in [5, 5.41) is 0.934. The Labute approximate surface area is 141 Å². The Morgan fingerprint density at radius 2 is 1.96 bits per heavy atom. The summed E-state index contributed by atoms with van der Waals surface area (Å²) in [6.07, 6.45) is 2.64. The minimum absolute atomic E-state index is 0.0998.